The first-order chi connectivity index (χ1) is 12.0. The molecule has 1 aromatic heterocycles. The molecule has 25 heavy (non-hydrogen) atoms. The highest BCUT2D eigenvalue weighted by molar-refractivity contribution is 5.92. The number of nitrogens with zero attached hydrogens (tertiary/aromatic N) is 1. The Hall–Kier alpha value is -2.32. The highest BCUT2D eigenvalue weighted by Crippen LogP contribution is 2.25. The lowest BCUT2D eigenvalue weighted by molar-refractivity contribution is -0.127. The van der Waals surface area contributed by atoms with Crippen molar-refractivity contribution in [1.29, 1.82) is 0 Å². The highest BCUT2D eigenvalue weighted by Gasteiger charge is 2.26. The van der Waals surface area contributed by atoms with E-state index in [4.69, 9.17) is 9.47 Å². The lowest BCUT2D eigenvalue weighted by Gasteiger charge is -2.24. The number of aliphatic hydroxyl groups is 1. The van der Waals surface area contributed by atoms with Gasteiger partial charge in [-0.1, -0.05) is 0 Å². The summed E-state index contributed by atoms with van der Waals surface area (Å²) in [5, 5.41) is 12.2. The van der Waals surface area contributed by atoms with Gasteiger partial charge in [-0.15, -0.1) is 0 Å². The van der Waals surface area contributed by atoms with E-state index in [0.717, 1.165) is 11.1 Å². The first kappa shape index (κ1) is 19.0. The topological polar surface area (TPSA) is 115 Å². The molecule has 2 rings (SSSR count). The van der Waals surface area contributed by atoms with Crippen LogP contribution < -0.4 is 5.32 Å². The van der Waals surface area contributed by atoms with Gasteiger partial charge in [0, 0.05) is 44.9 Å². The molecule has 1 aliphatic rings. The van der Waals surface area contributed by atoms with Gasteiger partial charge in [-0.2, -0.15) is 0 Å². The van der Waals surface area contributed by atoms with Crippen molar-refractivity contribution in [3.05, 3.63) is 29.1 Å². The van der Waals surface area contributed by atoms with Crippen LogP contribution in [0.4, 0.5) is 0 Å². The average molecular weight is 350 g/mol. The van der Waals surface area contributed by atoms with Gasteiger partial charge in [0.2, 0.25) is 5.91 Å². The number of aromatic nitrogens is 1. The van der Waals surface area contributed by atoms with Crippen LogP contribution in [0.5, 0.6) is 0 Å². The number of pyridine rings is 1. The maximum absolute atomic E-state index is 12.3. The Balaban J connectivity index is 2.08. The van der Waals surface area contributed by atoms with Gasteiger partial charge in [0.1, 0.15) is 12.4 Å². The van der Waals surface area contributed by atoms with Crippen molar-refractivity contribution < 1.29 is 29.0 Å². The van der Waals surface area contributed by atoms with Crippen LogP contribution in [0.3, 0.4) is 0 Å². The Morgan fingerprint density at radius 3 is 2.92 bits per heavy atom. The number of carbonyl (C=O) groups is 3. The minimum absolute atomic E-state index is 0.0530. The van der Waals surface area contributed by atoms with E-state index in [2.05, 4.69) is 10.3 Å². The van der Waals surface area contributed by atoms with E-state index < -0.39 is 18.0 Å². The molecular weight excluding hydrogens is 328 g/mol. The molecule has 0 spiro atoms. The number of fused-ring (bicyclic) bond motifs is 1. The number of rotatable bonds is 8. The minimum atomic E-state index is -0.841. The second kappa shape index (κ2) is 8.68. The minimum Gasteiger partial charge on any atom is -0.462 e. The number of hydrogen-bond donors (Lipinski definition) is 2. The number of hydrogen-bond acceptors (Lipinski definition) is 7. The molecule has 0 radical (unpaired) electrons. The van der Waals surface area contributed by atoms with E-state index in [-0.39, 0.29) is 25.0 Å². The third kappa shape index (κ3) is 4.40. The third-order valence-electron chi connectivity index (χ3n) is 4.29. The SMILES string of the molecule is CO[C@@H](C=O)[C@H](CO)CC(=O)N[C@@H](C)c1cncc2c1CCOC2=O. The number of ether oxygens (including phenoxy) is 2. The molecule has 0 saturated carbocycles. The summed E-state index contributed by atoms with van der Waals surface area (Å²) >= 11 is 0. The number of aliphatic hydroxyl groups excluding tert-OH is 1. The van der Waals surface area contributed by atoms with E-state index in [1.54, 1.807) is 13.1 Å². The molecule has 0 fully saturated rings. The number of methoxy groups -OCH3 is 1. The van der Waals surface area contributed by atoms with Crippen molar-refractivity contribution in [2.75, 3.05) is 20.3 Å². The molecule has 1 amide bonds. The lowest BCUT2D eigenvalue weighted by atomic mass is 9.95. The van der Waals surface area contributed by atoms with Crippen LogP contribution in [0.2, 0.25) is 0 Å². The molecule has 136 valence electrons. The Morgan fingerprint density at radius 1 is 1.52 bits per heavy atom. The largest absolute Gasteiger partial charge is 0.462 e. The van der Waals surface area contributed by atoms with Gasteiger partial charge in [0.05, 0.1) is 18.2 Å². The number of carbonyl (C=O) groups excluding carboxylic acids is 3. The zero-order valence-electron chi connectivity index (χ0n) is 14.2. The van der Waals surface area contributed by atoms with Gasteiger partial charge in [0.25, 0.3) is 0 Å². The molecule has 0 unspecified atom stereocenters. The predicted molar refractivity (Wildman–Crippen MR) is 86.8 cm³/mol. The third-order valence-corrected chi connectivity index (χ3v) is 4.29. The van der Waals surface area contributed by atoms with E-state index in [1.165, 1.54) is 13.3 Å². The number of esters is 1. The first-order valence-electron chi connectivity index (χ1n) is 8.04. The van der Waals surface area contributed by atoms with Crippen LogP contribution >= 0.6 is 0 Å². The van der Waals surface area contributed by atoms with Crippen LogP contribution in [0.25, 0.3) is 0 Å². The van der Waals surface area contributed by atoms with Crippen molar-refractivity contribution in [3.63, 3.8) is 0 Å². The fourth-order valence-electron chi connectivity index (χ4n) is 2.92. The molecule has 0 bridgehead atoms. The van der Waals surface area contributed by atoms with E-state index in [9.17, 15) is 19.5 Å². The molecular formula is C17H22N2O6. The molecule has 0 aliphatic carbocycles. The average Bonchev–Trinajstić information content (AvgIpc) is 2.61. The van der Waals surface area contributed by atoms with Crippen molar-refractivity contribution in [2.24, 2.45) is 5.92 Å². The molecule has 8 nitrogen and oxygen atoms in total. The van der Waals surface area contributed by atoms with E-state index >= 15 is 0 Å². The summed E-state index contributed by atoms with van der Waals surface area (Å²) in [5.41, 5.74) is 1.99. The summed E-state index contributed by atoms with van der Waals surface area (Å²) in [6.07, 6.45) is 3.32. The van der Waals surface area contributed by atoms with Gasteiger partial charge in [-0.05, 0) is 18.1 Å². The van der Waals surface area contributed by atoms with Crippen molar-refractivity contribution in [1.82, 2.24) is 10.3 Å². The summed E-state index contributed by atoms with van der Waals surface area (Å²) in [6, 6.07) is -0.377. The molecule has 2 N–H and O–H groups in total. The summed E-state index contributed by atoms with van der Waals surface area (Å²) < 4.78 is 9.96. The predicted octanol–water partition coefficient (Wildman–Crippen LogP) is 0.184. The van der Waals surface area contributed by atoms with Crippen molar-refractivity contribution in [2.45, 2.75) is 31.9 Å². The quantitative estimate of drug-likeness (QED) is 0.508. The zero-order valence-corrected chi connectivity index (χ0v) is 14.2. The normalized spacial score (nSPS) is 17.0. The second-order valence-electron chi connectivity index (χ2n) is 5.91. The molecule has 1 aromatic rings. The van der Waals surface area contributed by atoms with Crippen LogP contribution in [0.15, 0.2) is 12.4 Å². The van der Waals surface area contributed by atoms with Gasteiger partial charge in [-0.3, -0.25) is 9.78 Å². The number of cyclic esters (lactones) is 1. The molecule has 0 saturated heterocycles. The van der Waals surface area contributed by atoms with E-state index in [0.29, 0.717) is 24.9 Å². The lowest BCUT2D eigenvalue weighted by Crippen LogP contribution is -2.35. The van der Waals surface area contributed by atoms with Gasteiger partial charge in [-0.25, -0.2) is 4.79 Å². The van der Waals surface area contributed by atoms with Gasteiger partial charge >= 0.3 is 5.97 Å². The summed E-state index contributed by atoms with van der Waals surface area (Å²) in [7, 11) is 1.35. The van der Waals surface area contributed by atoms with Crippen LogP contribution in [-0.4, -0.2) is 54.7 Å². The smallest absolute Gasteiger partial charge is 0.340 e. The Labute approximate surface area is 145 Å². The fourth-order valence-corrected chi connectivity index (χ4v) is 2.92. The molecule has 2 heterocycles. The standard InChI is InChI=1S/C17H22N2O6/c1-10(19-16(22)5-11(8-20)15(9-21)24-2)13-6-18-7-14-12(13)3-4-25-17(14)23/h6-7,9-11,15,20H,3-5,8H2,1-2H3,(H,19,22)/t10-,11-,15-/m0/s1. The van der Waals surface area contributed by atoms with Gasteiger partial charge < -0.3 is 24.7 Å². The number of aldehydes is 1. The molecule has 3 atom stereocenters. The number of nitrogens with one attached hydrogen (secondary N) is 1. The number of amides is 1. The van der Waals surface area contributed by atoms with Crippen molar-refractivity contribution in [3.8, 4) is 0 Å². The van der Waals surface area contributed by atoms with Crippen LogP contribution in [-0.2, 0) is 25.5 Å². The Kier molecular flexibility index (Phi) is 6.60. The zero-order chi connectivity index (χ0) is 18.4. The highest BCUT2D eigenvalue weighted by atomic mass is 16.5. The fraction of sp³-hybridized carbons (Fsp3) is 0.529. The maximum Gasteiger partial charge on any atom is 0.340 e. The first-order valence-corrected chi connectivity index (χ1v) is 8.04. The summed E-state index contributed by atoms with van der Waals surface area (Å²) in [6.45, 7) is 1.74. The van der Waals surface area contributed by atoms with Crippen molar-refractivity contribution >= 4 is 18.2 Å². The molecule has 0 aromatic carbocycles. The molecule has 8 heteroatoms. The molecule has 1 aliphatic heterocycles. The summed E-state index contributed by atoms with van der Waals surface area (Å²) in [5.74, 6) is -1.36. The summed E-state index contributed by atoms with van der Waals surface area (Å²) in [4.78, 5) is 39.0. The Morgan fingerprint density at radius 2 is 2.28 bits per heavy atom. The van der Waals surface area contributed by atoms with Crippen LogP contribution in [0, 0.1) is 5.92 Å². The maximum atomic E-state index is 12.3. The second-order valence-corrected chi connectivity index (χ2v) is 5.91. The van der Waals surface area contributed by atoms with Gasteiger partial charge in [0.15, 0.2) is 0 Å². The van der Waals surface area contributed by atoms with E-state index in [1.807, 2.05) is 0 Å². The Bertz CT molecular complexity index is 648. The van der Waals surface area contributed by atoms with Crippen LogP contribution in [0.1, 0.15) is 40.9 Å². The monoisotopic (exact) mass is 350 g/mol.